The molecule has 0 fully saturated rings. The van der Waals surface area contributed by atoms with Gasteiger partial charge in [-0.25, -0.2) is 4.79 Å². The maximum atomic E-state index is 13.2. The van der Waals surface area contributed by atoms with Crippen molar-refractivity contribution in [1.82, 2.24) is 18.7 Å². The fourth-order valence-electron chi connectivity index (χ4n) is 3.18. The fraction of sp³-hybridized carbons (Fsp3) is 0.333. The number of rotatable bonds is 7. The average molecular weight is 428 g/mol. The van der Waals surface area contributed by atoms with Crippen molar-refractivity contribution in [2.24, 2.45) is 7.05 Å². The van der Waals surface area contributed by atoms with Crippen LogP contribution in [0, 0.1) is 11.3 Å². The number of ether oxygens (including phenoxy) is 1. The minimum Gasteiger partial charge on any atom is -0.431 e. The van der Waals surface area contributed by atoms with Crippen LogP contribution in [-0.2, 0) is 20.1 Å². The van der Waals surface area contributed by atoms with E-state index in [4.69, 9.17) is 21.6 Å². The minimum atomic E-state index is -0.522. The maximum Gasteiger partial charge on any atom is 0.332 e. The lowest BCUT2D eigenvalue weighted by molar-refractivity contribution is 0.374. The molecule has 8 nitrogen and oxygen atoms in total. The van der Waals surface area contributed by atoms with Crippen molar-refractivity contribution in [3.63, 3.8) is 0 Å². The lowest BCUT2D eigenvalue weighted by atomic mass is 10.2. The largest absolute Gasteiger partial charge is 0.431 e. The van der Waals surface area contributed by atoms with Crippen LogP contribution in [0.4, 0.5) is 0 Å². The molecule has 9 heteroatoms. The Labute approximate surface area is 178 Å². The molecule has 0 unspecified atom stereocenters. The molecule has 0 aliphatic heterocycles. The molecule has 3 aromatic rings. The van der Waals surface area contributed by atoms with Crippen LogP contribution < -0.4 is 16.0 Å². The molecule has 2 heterocycles. The van der Waals surface area contributed by atoms with Crippen LogP contribution >= 0.6 is 11.6 Å². The number of hydrogen-bond donors (Lipinski definition) is 0. The number of nitrogens with zero attached hydrogens (tertiary/aromatic N) is 5. The van der Waals surface area contributed by atoms with Gasteiger partial charge < -0.3 is 4.74 Å². The second kappa shape index (κ2) is 9.01. The smallest absolute Gasteiger partial charge is 0.332 e. The third-order valence-electron chi connectivity index (χ3n) is 4.64. The van der Waals surface area contributed by atoms with E-state index in [0.29, 0.717) is 17.3 Å². The summed E-state index contributed by atoms with van der Waals surface area (Å²) in [5.41, 5.74) is 0.330. The summed E-state index contributed by atoms with van der Waals surface area (Å²) in [7, 11) is 1.55. The van der Waals surface area contributed by atoms with Gasteiger partial charge in [0, 0.05) is 18.6 Å². The Morgan fingerprint density at radius 2 is 1.97 bits per heavy atom. The highest BCUT2D eigenvalue weighted by molar-refractivity contribution is 6.30. The molecule has 0 aliphatic carbocycles. The zero-order valence-electron chi connectivity index (χ0n) is 17.1. The Balaban J connectivity index is 2.27. The molecular weight excluding hydrogens is 406 g/mol. The Morgan fingerprint density at radius 1 is 1.27 bits per heavy atom. The van der Waals surface area contributed by atoms with Gasteiger partial charge in [0.2, 0.25) is 0 Å². The second-order valence-corrected chi connectivity index (χ2v) is 7.25. The zero-order chi connectivity index (χ0) is 21.8. The number of imidazole rings is 1. The maximum absolute atomic E-state index is 13.2. The minimum absolute atomic E-state index is 0.00896. The number of aryl methyl sites for hydroxylation is 1. The van der Waals surface area contributed by atoms with Gasteiger partial charge in [0.1, 0.15) is 5.76 Å². The van der Waals surface area contributed by atoms with Gasteiger partial charge in [0.25, 0.3) is 5.56 Å². The van der Waals surface area contributed by atoms with Crippen LogP contribution in [0.1, 0.15) is 32.3 Å². The van der Waals surface area contributed by atoms with Crippen molar-refractivity contribution < 1.29 is 4.74 Å². The molecule has 0 N–H and O–H groups in total. The van der Waals surface area contributed by atoms with Gasteiger partial charge in [-0.15, -0.1) is 0 Å². The van der Waals surface area contributed by atoms with Crippen LogP contribution in [0.25, 0.3) is 11.2 Å². The van der Waals surface area contributed by atoms with E-state index in [1.54, 1.807) is 30.7 Å². The van der Waals surface area contributed by atoms with Gasteiger partial charge in [-0.3, -0.25) is 18.5 Å². The van der Waals surface area contributed by atoms with Crippen LogP contribution in [-0.4, -0.2) is 18.7 Å². The van der Waals surface area contributed by atoms with Gasteiger partial charge in [0.15, 0.2) is 11.2 Å². The van der Waals surface area contributed by atoms with Crippen molar-refractivity contribution >= 4 is 22.8 Å². The summed E-state index contributed by atoms with van der Waals surface area (Å²) in [6.45, 7) is 4.10. The lowest BCUT2D eigenvalue weighted by Gasteiger charge is -2.11. The molecule has 0 amide bonds. The Morgan fingerprint density at radius 3 is 2.60 bits per heavy atom. The molecule has 0 atom stereocenters. The third kappa shape index (κ3) is 4.16. The van der Waals surface area contributed by atoms with E-state index in [9.17, 15) is 9.59 Å². The van der Waals surface area contributed by atoms with E-state index in [1.165, 1.54) is 4.57 Å². The number of hydrogen-bond acceptors (Lipinski definition) is 5. The first-order chi connectivity index (χ1) is 14.4. The van der Waals surface area contributed by atoms with Gasteiger partial charge in [0.05, 0.1) is 19.0 Å². The van der Waals surface area contributed by atoms with Gasteiger partial charge in [-0.1, -0.05) is 30.7 Å². The molecule has 156 valence electrons. The molecule has 30 heavy (non-hydrogen) atoms. The summed E-state index contributed by atoms with van der Waals surface area (Å²) < 4.78 is 9.92. The van der Waals surface area contributed by atoms with Gasteiger partial charge >= 0.3 is 11.7 Å². The third-order valence-corrected chi connectivity index (χ3v) is 4.89. The van der Waals surface area contributed by atoms with Gasteiger partial charge in [-0.05, 0) is 37.1 Å². The summed E-state index contributed by atoms with van der Waals surface area (Å²) in [4.78, 5) is 30.3. The van der Waals surface area contributed by atoms with Crippen molar-refractivity contribution in [2.45, 2.75) is 39.8 Å². The van der Waals surface area contributed by atoms with Crippen LogP contribution in [0.3, 0.4) is 0 Å². The first-order valence-electron chi connectivity index (χ1n) is 9.53. The Kier molecular flexibility index (Phi) is 6.43. The second-order valence-electron chi connectivity index (χ2n) is 6.81. The highest BCUT2D eigenvalue weighted by Crippen LogP contribution is 2.22. The summed E-state index contributed by atoms with van der Waals surface area (Å²) in [6, 6.07) is 9.41. The summed E-state index contributed by atoms with van der Waals surface area (Å²) >= 11 is 5.99. The highest BCUT2D eigenvalue weighted by Gasteiger charge is 2.21. The monoisotopic (exact) mass is 427 g/mol. The molecule has 0 spiro atoms. The molecule has 2 aromatic heterocycles. The molecule has 1 aromatic carbocycles. The molecular formula is C21H22ClN5O3. The average Bonchev–Trinajstić information content (AvgIpc) is 3.06. The van der Waals surface area contributed by atoms with E-state index in [1.807, 2.05) is 31.2 Å². The Bertz CT molecular complexity index is 1260. The van der Waals surface area contributed by atoms with E-state index in [-0.39, 0.29) is 30.1 Å². The SMILES string of the molecule is CC/C=C(\C)Oc1nc2c(c(=O)n(CCC#N)c(=O)n2C)n1Cc1ccc(Cl)cc1. The topological polar surface area (TPSA) is 94.8 Å². The summed E-state index contributed by atoms with van der Waals surface area (Å²) in [5.74, 6) is 0.639. The number of benzene rings is 1. The molecule has 0 saturated heterocycles. The number of aromatic nitrogens is 4. The van der Waals surface area contributed by atoms with E-state index < -0.39 is 11.2 Å². The van der Waals surface area contributed by atoms with Crippen molar-refractivity contribution in [1.29, 1.82) is 5.26 Å². The molecule has 0 aliphatic rings. The van der Waals surface area contributed by atoms with E-state index in [0.717, 1.165) is 16.6 Å². The molecule has 0 radical (unpaired) electrons. The molecule has 0 saturated carbocycles. The van der Waals surface area contributed by atoms with Crippen LogP contribution in [0.15, 0.2) is 45.7 Å². The quantitative estimate of drug-likeness (QED) is 0.539. The lowest BCUT2D eigenvalue weighted by Crippen LogP contribution is -2.39. The first-order valence-corrected chi connectivity index (χ1v) is 9.91. The van der Waals surface area contributed by atoms with Crippen molar-refractivity contribution in [3.05, 3.63) is 67.5 Å². The number of fused-ring (bicyclic) bond motifs is 1. The standard InChI is InChI=1S/C21H22ClN5O3/c1-4-6-14(2)30-20-24-18-17(27(20)13-15-7-9-16(22)10-8-15)19(28)26(12-5-11-23)21(29)25(18)3/h6-10H,4-5,12-13H2,1-3H3/b14-6+. The number of halogens is 1. The summed E-state index contributed by atoms with van der Waals surface area (Å²) in [5, 5.41) is 9.49. The summed E-state index contributed by atoms with van der Waals surface area (Å²) in [6.07, 6.45) is 2.73. The fourth-order valence-corrected chi connectivity index (χ4v) is 3.31. The van der Waals surface area contributed by atoms with Gasteiger partial charge in [-0.2, -0.15) is 10.2 Å². The molecule has 0 bridgehead atoms. The van der Waals surface area contributed by atoms with E-state index in [2.05, 4.69) is 4.98 Å². The highest BCUT2D eigenvalue weighted by atomic mass is 35.5. The number of nitriles is 1. The van der Waals surface area contributed by atoms with E-state index >= 15 is 0 Å². The Hall–Kier alpha value is -3.31. The van der Waals surface area contributed by atoms with Crippen LogP contribution in [0.5, 0.6) is 6.01 Å². The zero-order valence-corrected chi connectivity index (χ0v) is 17.8. The number of allylic oxidation sites excluding steroid dienone is 2. The predicted octanol–water partition coefficient (Wildman–Crippen LogP) is 3.20. The molecule has 3 rings (SSSR count). The first kappa shape index (κ1) is 21.4. The van der Waals surface area contributed by atoms with Crippen molar-refractivity contribution in [3.8, 4) is 12.1 Å². The predicted molar refractivity (Wildman–Crippen MR) is 115 cm³/mol. The van der Waals surface area contributed by atoms with Crippen molar-refractivity contribution in [2.75, 3.05) is 0 Å². The normalized spacial score (nSPS) is 11.6. The van der Waals surface area contributed by atoms with Crippen LogP contribution in [0.2, 0.25) is 5.02 Å².